The van der Waals surface area contributed by atoms with Crippen LogP contribution in [0.4, 0.5) is 5.69 Å². The Labute approximate surface area is 126 Å². The third-order valence-electron chi connectivity index (χ3n) is 3.13. The molecule has 0 spiro atoms. The van der Waals surface area contributed by atoms with Gasteiger partial charge in [0, 0.05) is 34.3 Å². The lowest BCUT2D eigenvalue weighted by Gasteiger charge is -2.31. The smallest absolute Gasteiger partial charge is 0.244 e. The second-order valence-electron chi connectivity index (χ2n) is 4.45. The lowest BCUT2D eigenvalue weighted by atomic mass is 10.3. The fourth-order valence-corrected chi connectivity index (χ4v) is 5.95. The molecule has 0 radical (unpaired) electrons. The molecule has 1 atom stereocenters. The van der Waals surface area contributed by atoms with Crippen LogP contribution < -0.4 is 5.73 Å². The molecule has 106 valence electrons. The van der Waals surface area contributed by atoms with E-state index < -0.39 is 10.0 Å². The second-order valence-corrected chi connectivity index (χ2v) is 8.62. The summed E-state index contributed by atoms with van der Waals surface area (Å²) in [6, 6.07) is 4.81. The maximum Gasteiger partial charge on any atom is 0.244 e. The topological polar surface area (TPSA) is 63.4 Å². The van der Waals surface area contributed by atoms with Gasteiger partial charge in [-0.3, -0.25) is 0 Å². The number of nitrogens with zero attached hydrogens (tertiary/aromatic N) is 1. The van der Waals surface area contributed by atoms with Crippen LogP contribution in [0.15, 0.2) is 27.6 Å². The lowest BCUT2D eigenvalue weighted by Crippen LogP contribution is -2.41. The summed E-state index contributed by atoms with van der Waals surface area (Å²) in [5.41, 5.74) is 6.20. The van der Waals surface area contributed by atoms with Crippen LogP contribution in [-0.2, 0) is 10.0 Å². The Balaban J connectivity index is 2.31. The van der Waals surface area contributed by atoms with Crippen LogP contribution in [0.1, 0.15) is 13.3 Å². The molecule has 0 saturated carbocycles. The predicted octanol–water partition coefficient (Wildman–Crippen LogP) is 2.55. The summed E-state index contributed by atoms with van der Waals surface area (Å²) < 4.78 is 27.4. The van der Waals surface area contributed by atoms with Gasteiger partial charge in [0.05, 0.1) is 4.90 Å². The van der Waals surface area contributed by atoms with Gasteiger partial charge in [0.1, 0.15) is 0 Å². The zero-order valence-corrected chi connectivity index (χ0v) is 13.9. The van der Waals surface area contributed by atoms with E-state index in [-0.39, 0.29) is 0 Å². The van der Waals surface area contributed by atoms with Crippen molar-refractivity contribution in [2.24, 2.45) is 0 Å². The average Bonchev–Trinajstić information content (AvgIpc) is 2.38. The molecule has 0 aliphatic carbocycles. The lowest BCUT2D eigenvalue weighted by molar-refractivity contribution is 0.415. The summed E-state index contributed by atoms with van der Waals surface area (Å²) in [7, 11) is -3.43. The van der Waals surface area contributed by atoms with Crippen LogP contribution in [-0.4, -0.2) is 36.8 Å². The monoisotopic (exact) mass is 364 g/mol. The molecule has 2 rings (SSSR count). The molecule has 2 N–H and O–H groups in total. The summed E-state index contributed by atoms with van der Waals surface area (Å²) in [6.45, 7) is 3.24. The van der Waals surface area contributed by atoms with Crippen molar-refractivity contribution in [3.63, 3.8) is 0 Å². The van der Waals surface area contributed by atoms with E-state index in [1.807, 2.05) is 11.8 Å². The highest BCUT2D eigenvalue weighted by Gasteiger charge is 2.31. The summed E-state index contributed by atoms with van der Waals surface area (Å²) >= 11 is 5.14. The van der Waals surface area contributed by atoms with Crippen LogP contribution in [0.3, 0.4) is 0 Å². The van der Waals surface area contributed by atoms with Crippen molar-refractivity contribution >= 4 is 43.4 Å². The van der Waals surface area contributed by atoms with Gasteiger partial charge in [0.15, 0.2) is 0 Å². The Kier molecular flexibility index (Phi) is 4.81. The highest BCUT2D eigenvalue weighted by Crippen LogP contribution is 2.30. The van der Waals surface area contributed by atoms with Gasteiger partial charge < -0.3 is 5.73 Å². The minimum atomic E-state index is -3.43. The van der Waals surface area contributed by atoms with Crippen molar-refractivity contribution < 1.29 is 8.42 Å². The molecule has 1 aliphatic rings. The van der Waals surface area contributed by atoms with Crippen molar-refractivity contribution in [2.45, 2.75) is 23.5 Å². The van der Waals surface area contributed by atoms with Gasteiger partial charge in [0.25, 0.3) is 0 Å². The van der Waals surface area contributed by atoms with Gasteiger partial charge in [-0.2, -0.15) is 16.1 Å². The number of nitrogen functional groups attached to an aromatic ring is 1. The van der Waals surface area contributed by atoms with E-state index in [0.29, 0.717) is 33.4 Å². The molecule has 1 fully saturated rings. The number of rotatable bonds is 3. The summed E-state index contributed by atoms with van der Waals surface area (Å²) in [5, 5.41) is 0.385. The van der Waals surface area contributed by atoms with E-state index in [4.69, 9.17) is 5.73 Å². The van der Waals surface area contributed by atoms with E-state index in [1.54, 1.807) is 22.5 Å². The van der Waals surface area contributed by atoms with Gasteiger partial charge in [-0.1, -0.05) is 6.92 Å². The van der Waals surface area contributed by atoms with Gasteiger partial charge in [-0.25, -0.2) is 8.42 Å². The summed E-state index contributed by atoms with van der Waals surface area (Å²) in [6.07, 6.45) is 0.986. The van der Waals surface area contributed by atoms with Crippen LogP contribution >= 0.6 is 27.7 Å². The third kappa shape index (κ3) is 3.26. The molecule has 1 saturated heterocycles. The Bertz CT molecular complexity index is 563. The first-order valence-corrected chi connectivity index (χ1v) is 9.40. The maximum atomic E-state index is 12.6. The molecule has 4 nitrogen and oxygen atoms in total. The van der Waals surface area contributed by atoms with Gasteiger partial charge in [-0.05, 0) is 40.5 Å². The fourth-order valence-electron chi connectivity index (χ4n) is 2.02. The quantitative estimate of drug-likeness (QED) is 0.837. The summed E-state index contributed by atoms with van der Waals surface area (Å²) in [4.78, 5) is 0.295. The van der Waals surface area contributed by atoms with Crippen LogP contribution in [0.25, 0.3) is 0 Å². The molecular formula is C12H17BrN2O2S2. The van der Waals surface area contributed by atoms with Gasteiger partial charge in [-0.15, -0.1) is 0 Å². The molecular weight excluding hydrogens is 348 g/mol. The zero-order valence-electron chi connectivity index (χ0n) is 10.7. The van der Waals surface area contributed by atoms with Crippen molar-refractivity contribution in [1.82, 2.24) is 4.31 Å². The van der Waals surface area contributed by atoms with Crippen molar-refractivity contribution in [1.29, 1.82) is 0 Å². The van der Waals surface area contributed by atoms with E-state index in [9.17, 15) is 8.42 Å². The van der Waals surface area contributed by atoms with Crippen LogP contribution in [0, 0.1) is 0 Å². The van der Waals surface area contributed by atoms with E-state index >= 15 is 0 Å². The zero-order chi connectivity index (χ0) is 14.0. The normalized spacial score (nSPS) is 21.5. The summed E-state index contributed by atoms with van der Waals surface area (Å²) in [5.74, 6) is 0.852. The standard InChI is InChI=1S/C12H17BrN2O2S2/c1-2-10-8-15(5-6-18-10)19(16,17)12-4-3-9(14)7-11(12)13/h3-4,7,10H,2,5-6,8,14H2,1H3. The average molecular weight is 365 g/mol. The minimum Gasteiger partial charge on any atom is -0.399 e. The van der Waals surface area contributed by atoms with E-state index in [1.165, 1.54) is 0 Å². The number of hydrogen-bond acceptors (Lipinski definition) is 4. The first-order valence-electron chi connectivity index (χ1n) is 6.12. The maximum absolute atomic E-state index is 12.6. The first-order chi connectivity index (χ1) is 8.95. The number of nitrogens with two attached hydrogens (primary N) is 1. The Hall–Kier alpha value is -0.240. The van der Waals surface area contributed by atoms with Gasteiger partial charge in [0.2, 0.25) is 10.0 Å². The molecule has 1 unspecified atom stereocenters. The largest absolute Gasteiger partial charge is 0.399 e. The second kappa shape index (κ2) is 6.03. The number of sulfonamides is 1. The molecule has 0 amide bonds. The first kappa shape index (κ1) is 15.2. The third-order valence-corrected chi connectivity index (χ3v) is 7.34. The number of anilines is 1. The molecule has 1 aromatic rings. The van der Waals surface area contributed by atoms with Crippen molar-refractivity contribution in [2.75, 3.05) is 24.6 Å². The molecule has 1 aromatic carbocycles. The highest BCUT2D eigenvalue weighted by molar-refractivity contribution is 9.10. The molecule has 1 aliphatic heterocycles. The molecule has 1 heterocycles. The Morgan fingerprint density at radius 1 is 1.53 bits per heavy atom. The minimum absolute atomic E-state index is 0.295. The van der Waals surface area contributed by atoms with E-state index in [0.717, 1.165) is 12.2 Å². The molecule has 0 aromatic heterocycles. The van der Waals surface area contributed by atoms with Crippen LogP contribution in [0.5, 0.6) is 0 Å². The SMILES string of the molecule is CCC1CN(S(=O)(=O)c2ccc(N)cc2Br)CCS1. The van der Waals surface area contributed by atoms with Crippen molar-refractivity contribution in [3.05, 3.63) is 22.7 Å². The fraction of sp³-hybridized carbons (Fsp3) is 0.500. The predicted molar refractivity (Wildman–Crippen MR) is 83.9 cm³/mol. The number of thioether (sulfide) groups is 1. The Morgan fingerprint density at radius 3 is 2.89 bits per heavy atom. The number of hydrogen-bond donors (Lipinski definition) is 1. The van der Waals surface area contributed by atoms with Crippen LogP contribution in [0.2, 0.25) is 0 Å². The van der Waals surface area contributed by atoms with E-state index in [2.05, 4.69) is 22.9 Å². The number of benzene rings is 1. The molecule has 0 bridgehead atoms. The highest BCUT2D eigenvalue weighted by atomic mass is 79.9. The van der Waals surface area contributed by atoms with Crippen molar-refractivity contribution in [3.8, 4) is 0 Å². The van der Waals surface area contributed by atoms with Gasteiger partial charge >= 0.3 is 0 Å². The molecule has 7 heteroatoms. The number of halogens is 1. The molecule has 19 heavy (non-hydrogen) atoms. The Morgan fingerprint density at radius 2 is 2.26 bits per heavy atom.